The van der Waals surface area contributed by atoms with Crippen LogP contribution in [-0.4, -0.2) is 44.3 Å². The maximum Gasteiger partial charge on any atom is 0.223 e. The molecule has 0 spiro atoms. The molecule has 0 unspecified atom stereocenters. The average Bonchev–Trinajstić information content (AvgIpc) is 2.42. The van der Waals surface area contributed by atoms with Crippen molar-refractivity contribution in [3.63, 3.8) is 0 Å². The van der Waals surface area contributed by atoms with Gasteiger partial charge in [0.25, 0.3) is 0 Å². The maximum absolute atomic E-state index is 12.1. The SMILES string of the molecule is C[C@H](c1ccc(Cl)cc1)[C@@H](C)N(C)C(=O)CCS(C)(=O)=O. The van der Waals surface area contributed by atoms with Crippen LogP contribution in [0, 0.1) is 0 Å². The van der Waals surface area contributed by atoms with Crippen molar-refractivity contribution < 1.29 is 13.2 Å². The zero-order valence-electron chi connectivity index (χ0n) is 12.8. The summed E-state index contributed by atoms with van der Waals surface area (Å²) >= 11 is 5.87. The van der Waals surface area contributed by atoms with Crippen LogP contribution in [0.2, 0.25) is 5.02 Å². The maximum atomic E-state index is 12.1. The summed E-state index contributed by atoms with van der Waals surface area (Å²) in [7, 11) is -1.41. The number of sulfone groups is 1. The van der Waals surface area contributed by atoms with E-state index in [-0.39, 0.29) is 30.0 Å². The van der Waals surface area contributed by atoms with Gasteiger partial charge >= 0.3 is 0 Å². The summed E-state index contributed by atoms with van der Waals surface area (Å²) in [5.74, 6) is -0.138. The zero-order chi connectivity index (χ0) is 16.2. The second-order valence-electron chi connectivity index (χ2n) is 5.47. The number of halogens is 1. The van der Waals surface area contributed by atoms with E-state index >= 15 is 0 Å². The number of nitrogens with zero attached hydrogens (tertiary/aromatic N) is 1. The van der Waals surface area contributed by atoms with Crippen molar-refractivity contribution in [2.45, 2.75) is 32.2 Å². The summed E-state index contributed by atoms with van der Waals surface area (Å²) in [6.07, 6.45) is 1.16. The van der Waals surface area contributed by atoms with Gasteiger partial charge in [-0.1, -0.05) is 30.7 Å². The summed E-state index contributed by atoms with van der Waals surface area (Å²) < 4.78 is 22.3. The van der Waals surface area contributed by atoms with Gasteiger partial charge in [-0.25, -0.2) is 8.42 Å². The second-order valence-corrected chi connectivity index (χ2v) is 8.16. The topological polar surface area (TPSA) is 54.5 Å². The number of hydrogen-bond donors (Lipinski definition) is 0. The summed E-state index contributed by atoms with van der Waals surface area (Å²) in [5, 5.41) is 0.677. The van der Waals surface area contributed by atoms with Crippen LogP contribution >= 0.6 is 11.6 Å². The Labute approximate surface area is 132 Å². The molecule has 1 aromatic carbocycles. The first kappa shape index (κ1) is 18.0. The molecule has 0 aliphatic rings. The highest BCUT2D eigenvalue weighted by Gasteiger charge is 2.23. The van der Waals surface area contributed by atoms with Gasteiger partial charge in [-0.3, -0.25) is 4.79 Å². The third-order valence-corrected chi connectivity index (χ3v) is 5.01. The van der Waals surface area contributed by atoms with Gasteiger partial charge in [0.2, 0.25) is 5.91 Å². The van der Waals surface area contributed by atoms with Gasteiger partial charge in [0.05, 0.1) is 5.75 Å². The molecule has 118 valence electrons. The summed E-state index contributed by atoms with van der Waals surface area (Å²) in [6.45, 7) is 3.99. The average molecular weight is 332 g/mol. The van der Waals surface area contributed by atoms with E-state index in [2.05, 4.69) is 0 Å². The quantitative estimate of drug-likeness (QED) is 0.805. The van der Waals surface area contributed by atoms with Gasteiger partial charge in [0, 0.05) is 36.7 Å². The van der Waals surface area contributed by atoms with Crippen molar-refractivity contribution in [2.75, 3.05) is 19.1 Å². The first-order valence-electron chi connectivity index (χ1n) is 6.80. The molecule has 21 heavy (non-hydrogen) atoms. The fourth-order valence-electron chi connectivity index (χ4n) is 2.06. The molecule has 0 aliphatic heterocycles. The number of amides is 1. The van der Waals surface area contributed by atoms with Crippen molar-refractivity contribution in [3.05, 3.63) is 34.9 Å². The highest BCUT2D eigenvalue weighted by atomic mass is 35.5. The normalized spacial score (nSPS) is 14.5. The van der Waals surface area contributed by atoms with E-state index in [4.69, 9.17) is 11.6 Å². The van der Waals surface area contributed by atoms with Crippen LogP contribution in [0.15, 0.2) is 24.3 Å². The zero-order valence-corrected chi connectivity index (χ0v) is 14.4. The predicted molar refractivity (Wildman–Crippen MR) is 86.4 cm³/mol. The van der Waals surface area contributed by atoms with Gasteiger partial charge in [-0.2, -0.15) is 0 Å². The molecule has 6 heteroatoms. The fourth-order valence-corrected chi connectivity index (χ4v) is 2.73. The Hall–Kier alpha value is -1.07. The van der Waals surface area contributed by atoms with Gasteiger partial charge in [-0.05, 0) is 24.6 Å². The van der Waals surface area contributed by atoms with Crippen LogP contribution in [0.5, 0.6) is 0 Å². The molecule has 0 aliphatic carbocycles. The van der Waals surface area contributed by atoms with E-state index in [0.29, 0.717) is 5.02 Å². The second kappa shape index (κ2) is 7.27. The lowest BCUT2D eigenvalue weighted by Crippen LogP contribution is -2.38. The van der Waals surface area contributed by atoms with E-state index in [1.165, 1.54) is 0 Å². The minimum Gasteiger partial charge on any atom is -0.342 e. The summed E-state index contributed by atoms with van der Waals surface area (Å²) in [4.78, 5) is 13.7. The molecule has 0 saturated heterocycles. The molecule has 0 aromatic heterocycles. The van der Waals surface area contributed by atoms with Crippen LogP contribution in [0.1, 0.15) is 31.7 Å². The molecular formula is C15H22ClNO3S. The molecule has 0 bridgehead atoms. The van der Waals surface area contributed by atoms with Gasteiger partial charge in [0.15, 0.2) is 0 Å². The van der Waals surface area contributed by atoms with E-state index in [0.717, 1.165) is 11.8 Å². The van der Waals surface area contributed by atoms with Gasteiger partial charge in [0.1, 0.15) is 9.84 Å². The van der Waals surface area contributed by atoms with Crippen molar-refractivity contribution in [1.82, 2.24) is 4.90 Å². The molecule has 4 nitrogen and oxygen atoms in total. The molecule has 0 saturated carbocycles. The monoisotopic (exact) mass is 331 g/mol. The van der Waals surface area contributed by atoms with E-state index in [9.17, 15) is 13.2 Å². The summed E-state index contributed by atoms with van der Waals surface area (Å²) in [5.41, 5.74) is 1.09. The molecular weight excluding hydrogens is 310 g/mol. The van der Waals surface area contributed by atoms with Gasteiger partial charge < -0.3 is 4.90 Å². The number of carbonyl (C=O) groups excluding carboxylic acids is 1. The number of rotatable bonds is 6. The Morgan fingerprint density at radius 1 is 1.24 bits per heavy atom. The van der Waals surface area contributed by atoms with E-state index < -0.39 is 9.84 Å². The van der Waals surface area contributed by atoms with Crippen molar-refractivity contribution in [2.24, 2.45) is 0 Å². The Morgan fingerprint density at radius 3 is 2.24 bits per heavy atom. The lowest BCUT2D eigenvalue weighted by molar-refractivity contribution is -0.131. The molecule has 1 rings (SSSR count). The first-order valence-corrected chi connectivity index (χ1v) is 9.24. The molecule has 0 radical (unpaired) electrons. The molecule has 0 fully saturated rings. The van der Waals surface area contributed by atoms with E-state index in [1.54, 1.807) is 11.9 Å². The Balaban J connectivity index is 2.70. The van der Waals surface area contributed by atoms with Crippen LogP contribution in [-0.2, 0) is 14.6 Å². The third kappa shape index (κ3) is 5.67. The van der Waals surface area contributed by atoms with Crippen LogP contribution in [0.3, 0.4) is 0 Å². The molecule has 0 N–H and O–H groups in total. The van der Waals surface area contributed by atoms with Crippen LogP contribution in [0.25, 0.3) is 0 Å². The fraction of sp³-hybridized carbons (Fsp3) is 0.533. The van der Waals surface area contributed by atoms with Crippen molar-refractivity contribution in [3.8, 4) is 0 Å². The lowest BCUT2D eigenvalue weighted by atomic mass is 9.93. The number of hydrogen-bond acceptors (Lipinski definition) is 3. The molecule has 0 heterocycles. The minimum absolute atomic E-state index is 0.0208. The lowest BCUT2D eigenvalue weighted by Gasteiger charge is -2.30. The predicted octanol–water partition coefficient (Wildman–Crippen LogP) is 2.73. The third-order valence-electron chi connectivity index (χ3n) is 3.81. The van der Waals surface area contributed by atoms with Crippen LogP contribution in [0.4, 0.5) is 0 Å². The van der Waals surface area contributed by atoms with Crippen molar-refractivity contribution in [1.29, 1.82) is 0 Å². The minimum atomic E-state index is -3.12. The Bertz CT molecular complexity index is 583. The highest BCUT2D eigenvalue weighted by molar-refractivity contribution is 7.90. The van der Waals surface area contributed by atoms with Crippen molar-refractivity contribution >= 4 is 27.3 Å². The van der Waals surface area contributed by atoms with Gasteiger partial charge in [-0.15, -0.1) is 0 Å². The molecule has 1 aromatic rings. The number of likely N-dealkylation sites (N-methyl/N-ethyl adjacent to an activating group) is 1. The smallest absolute Gasteiger partial charge is 0.223 e. The molecule has 1 amide bonds. The number of benzene rings is 1. The first-order chi connectivity index (χ1) is 9.61. The Morgan fingerprint density at radius 2 is 1.76 bits per heavy atom. The largest absolute Gasteiger partial charge is 0.342 e. The van der Waals surface area contributed by atoms with E-state index in [1.807, 2.05) is 38.1 Å². The standard InChI is InChI=1S/C15H22ClNO3S/c1-11(13-5-7-14(16)8-6-13)12(2)17(3)15(18)9-10-21(4,19)20/h5-8,11-12H,9-10H2,1-4H3/t11-,12+/m0/s1. The number of carbonyl (C=O) groups is 1. The molecule has 2 atom stereocenters. The van der Waals surface area contributed by atoms with Crippen LogP contribution < -0.4 is 0 Å². The summed E-state index contributed by atoms with van der Waals surface area (Å²) in [6, 6.07) is 7.51. The highest BCUT2D eigenvalue weighted by Crippen LogP contribution is 2.24. The Kier molecular flexibility index (Phi) is 6.23.